The van der Waals surface area contributed by atoms with Gasteiger partial charge in [0.05, 0.1) is 0 Å². The molecule has 16 heavy (non-hydrogen) atoms. The number of halogens is 2. The topological polar surface area (TPSA) is 30.2 Å². The molecule has 0 saturated heterocycles. The molecule has 4 heteroatoms. The number of carbonyl (C=O) groups excluding carboxylic acids is 1. The molecule has 0 aliphatic heterocycles. The molecule has 0 amide bonds. The standard InChI is InChI=1S/C12H8BrFO2/c1-7-6-8(14)2-3-9(7)12(15)10-4-5-11(13)16-10/h2-6H,1H3. The summed E-state index contributed by atoms with van der Waals surface area (Å²) in [5, 5.41) is 0. The average molecular weight is 283 g/mol. The zero-order valence-corrected chi connectivity index (χ0v) is 10.0. The first kappa shape index (κ1) is 11.1. The minimum atomic E-state index is -0.352. The van der Waals surface area contributed by atoms with Crippen LogP contribution < -0.4 is 0 Å². The lowest BCUT2D eigenvalue weighted by atomic mass is 10.0. The second-order valence-electron chi connectivity index (χ2n) is 3.39. The smallest absolute Gasteiger partial charge is 0.228 e. The highest BCUT2D eigenvalue weighted by Crippen LogP contribution is 2.19. The zero-order chi connectivity index (χ0) is 11.7. The summed E-state index contributed by atoms with van der Waals surface area (Å²) >= 11 is 3.12. The van der Waals surface area contributed by atoms with Crippen molar-refractivity contribution in [2.45, 2.75) is 6.92 Å². The van der Waals surface area contributed by atoms with Crippen LogP contribution in [0.1, 0.15) is 21.7 Å². The fourth-order valence-electron chi connectivity index (χ4n) is 1.45. The normalized spacial score (nSPS) is 10.4. The number of hydrogen-bond acceptors (Lipinski definition) is 2. The van der Waals surface area contributed by atoms with Crippen LogP contribution in [0.5, 0.6) is 0 Å². The van der Waals surface area contributed by atoms with Crippen LogP contribution in [-0.4, -0.2) is 5.78 Å². The fraction of sp³-hybridized carbons (Fsp3) is 0.0833. The van der Waals surface area contributed by atoms with Crippen molar-refractivity contribution >= 4 is 21.7 Å². The van der Waals surface area contributed by atoms with Gasteiger partial charge in [0.15, 0.2) is 10.4 Å². The molecule has 0 N–H and O–H groups in total. The second kappa shape index (κ2) is 4.22. The first-order chi connectivity index (χ1) is 7.58. The van der Waals surface area contributed by atoms with Crippen LogP contribution >= 0.6 is 15.9 Å². The third-order valence-electron chi connectivity index (χ3n) is 2.23. The average Bonchev–Trinajstić information content (AvgIpc) is 2.64. The Morgan fingerprint density at radius 3 is 2.62 bits per heavy atom. The summed E-state index contributed by atoms with van der Waals surface area (Å²) in [6.45, 7) is 1.69. The van der Waals surface area contributed by atoms with E-state index in [4.69, 9.17) is 4.42 Å². The number of carbonyl (C=O) groups is 1. The molecule has 0 radical (unpaired) electrons. The van der Waals surface area contributed by atoms with Crippen LogP contribution in [-0.2, 0) is 0 Å². The van der Waals surface area contributed by atoms with E-state index in [1.165, 1.54) is 18.2 Å². The molecule has 1 aromatic carbocycles. The Morgan fingerprint density at radius 2 is 2.06 bits per heavy atom. The minimum absolute atomic E-state index is 0.238. The summed E-state index contributed by atoms with van der Waals surface area (Å²) in [6, 6.07) is 7.27. The first-order valence-corrected chi connectivity index (χ1v) is 5.43. The van der Waals surface area contributed by atoms with E-state index >= 15 is 0 Å². The molecule has 0 fully saturated rings. The van der Waals surface area contributed by atoms with E-state index < -0.39 is 0 Å². The van der Waals surface area contributed by atoms with Gasteiger partial charge in [-0.25, -0.2) is 4.39 Å². The van der Waals surface area contributed by atoms with Gasteiger partial charge in [-0.05, 0) is 58.7 Å². The van der Waals surface area contributed by atoms with Gasteiger partial charge >= 0.3 is 0 Å². The quantitative estimate of drug-likeness (QED) is 0.786. The zero-order valence-electron chi connectivity index (χ0n) is 8.46. The lowest BCUT2D eigenvalue weighted by Crippen LogP contribution is -2.02. The summed E-state index contributed by atoms with van der Waals surface area (Å²) in [5.41, 5.74) is 1.04. The van der Waals surface area contributed by atoms with E-state index in [-0.39, 0.29) is 17.4 Å². The van der Waals surface area contributed by atoms with Crippen LogP contribution in [0.3, 0.4) is 0 Å². The molecule has 1 heterocycles. The highest BCUT2D eigenvalue weighted by atomic mass is 79.9. The fourth-order valence-corrected chi connectivity index (χ4v) is 1.76. The lowest BCUT2D eigenvalue weighted by molar-refractivity contribution is 0.101. The van der Waals surface area contributed by atoms with Crippen LogP contribution in [0.25, 0.3) is 0 Å². The van der Waals surface area contributed by atoms with Crippen LogP contribution in [0.2, 0.25) is 0 Å². The third-order valence-corrected chi connectivity index (χ3v) is 2.66. The van der Waals surface area contributed by atoms with Gasteiger partial charge in [0.25, 0.3) is 0 Å². The molecule has 0 spiro atoms. The number of benzene rings is 1. The van der Waals surface area contributed by atoms with Crippen molar-refractivity contribution in [3.05, 3.63) is 57.7 Å². The van der Waals surface area contributed by atoms with Crippen molar-refractivity contribution in [1.82, 2.24) is 0 Å². The van der Waals surface area contributed by atoms with E-state index in [1.54, 1.807) is 19.1 Å². The van der Waals surface area contributed by atoms with Crippen molar-refractivity contribution in [3.8, 4) is 0 Å². The van der Waals surface area contributed by atoms with Crippen molar-refractivity contribution in [1.29, 1.82) is 0 Å². The highest BCUT2D eigenvalue weighted by molar-refractivity contribution is 9.10. The number of rotatable bonds is 2. The molecular formula is C12H8BrFO2. The molecule has 2 aromatic rings. The Balaban J connectivity index is 2.41. The van der Waals surface area contributed by atoms with Gasteiger partial charge in [-0.2, -0.15) is 0 Å². The van der Waals surface area contributed by atoms with Crippen molar-refractivity contribution in [2.75, 3.05) is 0 Å². The molecule has 0 bridgehead atoms. The van der Waals surface area contributed by atoms with Gasteiger partial charge in [0.2, 0.25) is 5.78 Å². The van der Waals surface area contributed by atoms with E-state index in [9.17, 15) is 9.18 Å². The third kappa shape index (κ3) is 2.07. The van der Waals surface area contributed by atoms with E-state index in [2.05, 4.69) is 15.9 Å². The van der Waals surface area contributed by atoms with Crippen molar-refractivity contribution < 1.29 is 13.6 Å². The SMILES string of the molecule is Cc1cc(F)ccc1C(=O)c1ccc(Br)o1. The van der Waals surface area contributed by atoms with Crippen LogP contribution in [0.4, 0.5) is 4.39 Å². The molecule has 1 aromatic heterocycles. The van der Waals surface area contributed by atoms with Crippen molar-refractivity contribution in [3.63, 3.8) is 0 Å². The molecule has 2 nitrogen and oxygen atoms in total. The van der Waals surface area contributed by atoms with Crippen LogP contribution in [0, 0.1) is 12.7 Å². The Kier molecular flexibility index (Phi) is 2.92. The van der Waals surface area contributed by atoms with Gasteiger partial charge in [0.1, 0.15) is 5.82 Å². The van der Waals surface area contributed by atoms with Gasteiger partial charge in [-0.15, -0.1) is 0 Å². The molecule has 0 unspecified atom stereocenters. The number of furan rings is 1. The Hall–Kier alpha value is -1.42. The van der Waals surface area contributed by atoms with Crippen LogP contribution in [0.15, 0.2) is 39.4 Å². The number of ketones is 1. The summed E-state index contributed by atoms with van der Waals surface area (Å²) in [4.78, 5) is 12.0. The summed E-state index contributed by atoms with van der Waals surface area (Å²) < 4.78 is 18.5. The maximum atomic E-state index is 12.9. The van der Waals surface area contributed by atoms with E-state index in [0.29, 0.717) is 15.8 Å². The molecule has 82 valence electrons. The van der Waals surface area contributed by atoms with E-state index in [1.807, 2.05) is 0 Å². The molecule has 0 aliphatic carbocycles. The minimum Gasteiger partial charge on any atom is -0.446 e. The van der Waals surface area contributed by atoms with E-state index in [0.717, 1.165) is 0 Å². The maximum absolute atomic E-state index is 12.9. The van der Waals surface area contributed by atoms with Gasteiger partial charge in [-0.1, -0.05) is 0 Å². The number of aryl methyl sites for hydroxylation is 1. The lowest BCUT2D eigenvalue weighted by Gasteiger charge is -2.02. The number of hydrogen-bond donors (Lipinski definition) is 0. The molecular weight excluding hydrogens is 275 g/mol. The second-order valence-corrected chi connectivity index (χ2v) is 4.17. The summed E-state index contributed by atoms with van der Waals surface area (Å²) in [6.07, 6.45) is 0. The Labute approximate surface area is 100 Å². The Morgan fingerprint density at radius 1 is 1.31 bits per heavy atom. The first-order valence-electron chi connectivity index (χ1n) is 4.64. The Bertz CT molecular complexity index is 546. The largest absolute Gasteiger partial charge is 0.446 e. The maximum Gasteiger partial charge on any atom is 0.228 e. The van der Waals surface area contributed by atoms with Gasteiger partial charge in [0, 0.05) is 5.56 Å². The molecule has 2 rings (SSSR count). The van der Waals surface area contributed by atoms with Gasteiger partial charge < -0.3 is 4.42 Å². The molecule has 0 atom stereocenters. The summed E-state index contributed by atoms with van der Waals surface area (Å²) in [5.74, 6) is -0.362. The van der Waals surface area contributed by atoms with Gasteiger partial charge in [-0.3, -0.25) is 4.79 Å². The van der Waals surface area contributed by atoms with Crippen molar-refractivity contribution in [2.24, 2.45) is 0 Å². The highest BCUT2D eigenvalue weighted by Gasteiger charge is 2.15. The molecule has 0 saturated carbocycles. The monoisotopic (exact) mass is 282 g/mol. The molecule has 0 aliphatic rings. The predicted octanol–water partition coefficient (Wildman–Crippen LogP) is 3.72. The summed E-state index contributed by atoms with van der Waals surface area (Å²) in [7, 11) is 0. The predicted molar refractivity (Wildman–Crippen MR) is 61.0 cm³/mol.